The van der Waals surface area contributed by atoms with Crippen molar-refractivity contribution in [3.63, 3.8) is 0 Å². The van der Waals surface area contributed by atoms with Crippen LogP contribution in [0.5, 0.6) is 5.75 Å². The molecule has 124 valence electrons. The van der Waals surface area contributed by atoms with Crippen LogP contribution in [-0.2, 0) is 6.18 Å². The molecule has 1 aliphatic rings. The fourth-order valence-electron chi connectivity index (χ4n) is 2.42. The van der Waals surface area contributed by atoms with Crippen molar-refractivity contribution in [3.05, 3.63) is 23.8 Å². The molecular formula is C15H22F3N3O. The van der Waals surface area contributed by atoms with E-state index in [1.807, 2.05) is 0 Å². The van der Waals surface area contributed by atoms with Crippen LogP contribution in [-0.4, -0.2) is 56.2 Å². The molecule has 7 heteroatoms. The average molecular weight is 317 g/mol. The number of nitrogens with zero attached hydrogens (tertiary/aromatic N) is 2. The Labute approximate surface area is 128 Å². The summed E-state index contributed by atoms with van der Waals surface area (Å²) in [6, 6.07) is 3.67. The van der Waals surface area contributed by atoms with Crippen LogP contribution in [0.1, 0.15) is 12.0 Å². The lowest BCUT2D eigenvalue weighted by atomic mass is 10.1. The number of piperazine rings is 1. The largest absolute Gasteiger partial charge is 0.494 e. The van der Waals surface area contributed by atoms with E-state index in [0.717, 1.165) is 45.2 Å². The molecule has 22 heavy (non-hydrogen) atoms. The van der Waals surface area contributed by atoms with Crippen LogP contribution in [0.25, 0.3) is 0 Å². The van der Waals surface area contributed by atoms with Gasteiger partial charge in [0.1, 0.15) is 5.75 Å². The van der Waals surface area contributed by atoms with Gasteiger partial charge in [0.25, 0.3) is 0 Å². The molecule has 1 aromatic rings. The Morgan fingerprint density at radius 3 is 2.50 bits per heavy atom. The van der Waals surface area contributed by atoms with Gasteiger partial charge in [-0.3, -0.25) is 0 Å². The van der Waals surface area contributed by atoms with Gasteiger partial charge >= 0.3 is 6.18 Å². The topological polar surface area (TPSA) is 41.7 Å². The highest BCUT2D eigenvalue weighted by atomic mass is 19.4. The summed E-state index contributed by atoms with van der Waals surface area (Å²) in [4.78, 5) is 4.62. The molecule has 1 aliphatic heterocycles. The van der Waals surface area contributed by atoms with Crippen LogP contribution in [0.4, 0.5) is 18.9 Å². The summed E-state index contributed by atoms with van der Waals surface area (Å²) in [5.41, 5.74) is 4.23. The van der Waals surface area contributed by atoms with E-state index < -0.39 is 11.7 Å². The fraction of sp³-hybridized carbons (Fsp3) is 0.600. The van der Waals surface area contributed by atoms with Crippen molar-refractivity contribution in [2.24, 2.45) is 0 Å². The average Bonchev–Trinajstić information content (AvgIpc) is 2.46. The lowest BCUT2D eigenvalue weighted by Gasteiger charge is -2.32. The summed E-state index contributed by atoms with van der Waals surface area (Å²) in [5.74, 6) is 0.208. The normalized spacial score (nSPS) is 17.6. The maximum Gasteiger partial charge on any atom is 0.418 e. The number of nitrogen functional groups attached to an aromatic ring is 1. The molecule has 1 saturated heterocycles. The number of alkyl halides is 3. The highest BCUT2D eigenvalue weighted by Gasteiger charge is 2.33. The van der Waals surface area contributed by atoms with Gasteiger partial charge < -0.3 is 20.3 Å². The molecule has 2 rings (SSSR count). The molecule has 0 aliphatic carbocycles. The maximum absolute atomic E-state index is 12.7. The van der Waals surface area contributed by atoms with Crippen LogP contribution in [0.3, 0.4) is 0 Å². The van der Waals surface area contributed by atoms with Crippen molar-refractivity contribution in [2.75, 3.05) is 52.1 Å². The SMILES string of the molecule is CN1CCN(CCCOc2ccc(N)c(C(F)(F)F)c2)CC1. The minimum Gasteiger partial charge on any atom is -0.494 e. The number of benzene rings is 1. The van der Waals surface area contributed by atoms with Crippen LogP contribution in [0.15, 0.2) is 18.2 Å². The number of halogens is 3. The zero-order valence-corrected chi connectivity index (χ0v) is 12.7. The second-order valence-electron chi connectivity index (χ2n) is 5.59. The summed E-state index contributed by atoms with van der Waals surface area (Å²) in [5, 5.41) is 0. The first-order chi connectivity index (χ1) is 10.4. The molecule has 0 spiro atoms. The van der Waals surface area contributed by atoms with Crippen LogP contribution in [0.2, 0.25) is 0 Å². The Morgan fingerprint density at radius 1 is 1.18 bits per heavy atom. The third-order valence-corrected chi connectivity index (χ3v) is 3.81. The van der Waals surface area contributed by atoms with Gasteiger partial charge in [-0.15, -0.1) is 0 Å². The highest BCUT2D eigenvalue weighted by molar-refractivity contribution is 5.51. The van der Waals surface area contributed by atoms with E-state index in [1.54, 1.807) is 0 Å². The summed E-state index contributed by atoms with van der Waals surface area (Å²) in [6.45, 7) is 5.44. The summed E-state index contributed by atoms with van der Waals surface area (Å²) >= 11 is 0. The highest BCUT2D eigenvalue weighted by Crippen LogP contribution is 2.35. The molecule has 2 N–H and O–H groups in total. The standard InChI is InChI=1S/C15H22F3N3O/c1-20-6-8-21(9-7-20)5-2-10-22-12-3-4-14(19)13(11-12)15(16,17)18/h3-4,11H,2,5-10,19H2,1H3. The first-order valence-corrected chi connectivity index (χ1v) is 7.36. The first kappa shape index (κ1) is 16.9. The second-order valence-corrected chi connectivity index (χ2v) is 5.59. The lowest BCUT2D eigenvalue weighted by Crippen LogP contribution is -2.44. The third kappa shape index (κ3) is 4.78. The molecule has 0 radical (unpaired) electrons. The van der Waals surface area contributed by atoms with Gasteiger partial charge in [-0.1, -0.05) is 0 Å². The van der Waals surface area contributed by atoms with E-state index in [4.69, 9.17) is 10.5 Å². The van der Waals surface area contributed by atoms with Gasteiger partial charge in [0, 0.05) is 38.4 Å². The third-order valence-electron chi connectivity index (χ3n) is 3.81. The number of hydrogen-bond donors (Lipinski definition) is 1. The molecule has 0 aromatic heterocycles. The van der Waals surface area contributed by atoms with Crippen molar-refractivity contribution >= 4 is 5.69 Å². The summed E-state index contributed by atoms with van der Waals surface area (Å²) in [7, 11) is 2.10. The number of rotatable bonds is 5. The number of anilines is 1. The molecular weight excluding hydrogens is 295 g/mol. The smallest absolute Gasteiger partial charge is 0.418 e. The summed E-state index contributed by atoms with van der Waals surface area (Å²) < 4.78 is 43.7. The van der Waals surface area contributed by atoms with Gasteiger partial charge in [0.15, 0.2) is 0 Å². The molecule has 1 fully saturated rings. The molecule has 1 aromatic carbocycles. The van der Waals surface area contributed by atoms with E-state index in [0.29, 0.717) is 6.61 Å². The van der Waals surface area contributed by atoms with Crippen molar-refractivity contribution in [1.29, 1.82) is 0 Å². The molecule has 1 heterocycles. The number of nitrogens with two attached hydrogens (primary N) is 1. The Morgan fingerprint density at radius 2 is 1.86 bits per heavy atom. The zero-order valence-electron chi connectivity index (χ0n) is 12.7. The summed E-state index contributed by atoms with van der Waals surface area (Å²) in [6.07, 6.45) is -3.67. The molecule has 0 unspecified atom stereocenters. The monoisotopic (exact) mass is 317 g/mol. The van der Waals surface area contributed by atoms with E-state index in [2.05, 4.69) is 16.8 Å². The Bertz CT molecular complexity index is 485. The van der Waals surface area contributed by atoms with Gasteiger partial charge in [0.2, 0.25) is 0 Å². The van der Waals surface area contributed by atoms with Crippen LogP contribution < -0.4 is 10.5 Å². The first-order valence-electron chi connectivity index (χ1n) is 7.36. The predicted octanol–water partition coefficient (Wildman–Crippen LogP) is 2.30. The molecule has 0 atom stereocenters. The van der Waals surface area contributed by atoms with Crippen molar-refractivity contribution in [2.45, 2.75) is 12.6 Å². The van der Waals surface area contributed by atoms with Crippen LogP contribution in [0, 0.1) is 0 Å². The minimum absolute atomic E-state index is 0.208. The zero-order chi connectivity index (χ0) is 16.2. The Hall–Kier alpha value is -1.47. The minimum atomic E-state index is -4.46. The van der Waals surface area contributed by atoms with Crippen LogP contribution >= 0.6 is 0 Å². The quantitative estimate of drug-likeness (QED) is 0.668. The molecule has 0 amide bonds. The van der Waals surface area contributed by atoms with E-state index in [9.17, 15) is 13.2 Å². The molecule has 0 saturated carbocycles. The number of hydrogen-bond acceptors (Lipinski definition) is 4. The van der Waals surface area contributed by atoms with E-state index in [-0.39, 0.29) is 11.4 Å². The van der Waals surface area contributed by atoms with Gasteiger partial charge in [-0.25, -0.2) is 0 Å². The maximum atomic E-state index is 12.7. The molecule has 4 nitrogen and oxygen atoms in total. The number of likely N-dealkylation sites (N-methyl/N-ethyl adjacent to an activating group) is 1. The second kappa shape index (κ2) is 7.19. The molecule has 0 bridgehead atoms. The number of ether oxygens (including phenoxy) is 1. The van der Waals surface area contributed by atoms with Gasteiger partial charge in [-0.05, 0) is 31.7 Å². The van der Waals surface area contributed by atoms with E-state index >= 15 is 0 Å². The van der Waals surface area contributed by atoms with E-state index in [1.165, 1.54) is 12.1 Å². The lowest BCUT2D eigenvalue weighted by molar-refractivity contribution is -0.137. The predicted molar refractivity (Wildman–Crippen MR) is 79.9 cm³/mol. The Kier molecular flexibility index (Phi) is 5.52. The Balaban J connectivity index is 1.77. The van der Waals surface area contributed by atoms with Gasteiger partial charge in [-0.2, -0.15) is 13.2 Å². The van der Waals surface area contributed by atoms with Crippen molar-refractivity contribution < 1.29 is 17.9 Å². The van der Waals surface area contributed by atoms with Crippen molar-refractivity contribution in [1.82, 2.24) is 9.80 Å². The van der Waals surface area contributed by atoms with Crippen molar-refractivity contribution in [3.8, 4) is 5.75 Å². The van der Waals surface area contributed by atoms with Gasteiger partial charge in [0.05, 0.1) is 12.2 Å². The fourth-order valence-corrected chi connectivity index (χ4v) is 2.42.